The molecule has 1 N–H and O–H groups in total. The Morgan fingerprint density at radius 2 is 2.50 bits per heavy atom. The Kier molecular flexibility index (Phi) is 1.56. The maximum Gasteiger partial charge on any atom is 0.151 e. The van der Waals surface area contributed by atoms with Crippen LogP contribution in [0.5, 0.6) is 0 Å². The fourth-order valence-corrected chi connectivity index (χ4v) is 1.14. The lowest BCUT2D eigenvalue weighted by atomic mass is 10.2. The van der Waals surface area contributed by atoms with E-state index in [1.54, 1.807) is 0 Å². The van der Waals surface area contributed by atoms with Crippen molar-refractivity contribution in [1.29, 1.82) is 0 Å². The minimum atomic E-state index is 0.0301. The molecule has 4 nitrogen and oxygen atoms in total. The second-order valence-electron chi connectivity index (χ2n) is 2.37. The summed E-state index contributed by atoms with van der Waals surface area (Å²) >= 11 is 0. The van der Waals surface area contributed by atoms with Crippen LogP contribution in [0.4, 0.5) is 0 Å². The van der Waals surface area contributed by atoms with Gasteiger partial charge in [0.25, 0.3) is 0 Å². The first-order valence-corrected chi connectivity index (χ1v) is 3.50. The molecule has 1 saturated heterocycles. The highest BCUT2D eigenvalue weighted by atomic mass is 16.6. The van der Waals surface area contributed by atoms with Crippen molar-refractivity contribution in [1.82, 2.24) is 5.32 Å². The van der Waals surface area contributed by atoms with Crippen molar-refractivity contribution in [2.24, 2.45) is 5.16 Å². The van der Waals surface area contributed by atoms with Gasteiger partial charge in [-0.3, -0.25) is 5.32 Å². The van der Waals surface area contributed by atoms with Crippen LogP contribution in [0.1, 0.15) is 6.42 Å². The molecule has 0 amide bonds. The average molecular weight is 142 g/mol. The van der Waals surface area contributed by atoms with Gasteiger partial charge in [0, 0.05) is 13.0 Å². The molecule has 0 saturated carbocycles. The van der Waals surface area contributed by atoms with Gasteiger partial charge in [-0.15, -0.1) is 0 Å². The van der Waals surface area contributed by atoms with E-state index in [4.69, 9.17) is 9.57 Å². The molecule has 4 heteroatoms. The van der Waals surface area contributed by atoms with Gasteiger partial charge >= 0.3 is 0 Å². The van der Waals surface area contributed by atoms with Crippen LogP contribution < -0.4 is 5.32 Å². The normalized spacial score (nSPS) is 32.0. The van der Waals surface area contributed by atoms with Gasteiger partial charge in [-0.05, 0) is 0 Å². The molecule has 10 heavy (non-hydrogen) atoms. The number of oxime groups is 1. The van der Waals surface area contributed by atoms with Gasteiger partial charge in [0.1, 0.15) is 12.3 Å². The van der Waals surface area contributed by atoms with Crippen LogP contribution >= 0.6 is 0 Å². The molecule has 2 aliphatic heterocycles. The summed E-state index contributed by atoms with van der Waals surface area (Å²) in [4.78, 5) is 4.84. The second-order valence-corrected chi connectivity index (χ2v) is 2.37. The zero-order chi connectivity index (χ0) is 6.81. The molecule has 0 bridgehead atoms. The van der Waals surface area contributed by atoms with Crippen molar-refractivity contribution >= 4 is 5.71 Å². The highest BCUT2D eigenvalue weighted by Gasteiger charge is 2.23. The second kappa shape index (κ2) is 2.56. The zero-order valence-electron chi connectivity index (χ0n) is 5.67. The molecule has 0 spiro atoms. The molecular weight excluding hydrogens is 132 g/mol. The van der Waals surface area contributed by atoms with Crippen LogP contribution in [0.2, 0.25) is 0 Å². The Bertz CT molecular complexity index is 152. The molecule has 2 rings (SSSR count). The van der Waals surface area contributed by atoms with Gasteiger partial charge in [-0.2, -0.15) is 0 Å². The smallest absolute Gasteiger partial charge is 0.151 e. The Labute approximate surface area is 59.2 Å². The summed E-state index contributed by atoms with van der Waals surface area (Å²) in [6.45, 7) is 2.41. The van der Waals surface area contributed by atoms with Gasteiger partial charge in [-0.25, -0.2) is 0 Å². The first kappa shape index (κ1) is 6.12. The lowest BCUT2D eigenvalue weighted by molar-refractivity contribution is 0.147. The maximum absolute atomic E-state index is 5.31. The summed E-state index contributed by atoms with van der Waals surface area (Å²) in [5.74, 6) is 0. The lowest BCUT2D eigenvalue weighted by Crippen LogP contribution is -2.30. The number of hydrogen-bond donors (Lipinski definition) is 1. The summed E-state index contributed by atoms with van der Waals surface area (Å²) in [5.41, 5.74) is 0.998. The molecule has 0 aromatic carbocycles. The van der Waals surface area contributed by atoms with E-state index in [0.29, 0.717) is 6.61 Å². The summed E-state index contributed by atoms with van der Waals surface area (Å²) < 4.78 is 5.31. The van der Waals surface area contributed by atoms with Crippen LogP contribution in [0, 0.1) is 0 Å². The molecule has 0 aromatic rings. The Morgan fingerprint density at radius 3 is 3.10 bits per heavy atom. The summed E-state index contributed by atoms with van der Waals surface area (Å²) in [7, 11) is 0. The van der Waals surface area contributed by atoms with E-state index in [9.17, 15) is 0 Å². The first-order valence-electron chi connectivity index (χ1n) is 3.50. The Morgan fingerprint density at radius 1 is 1.50 bits per heavy atom. The minimum Gasteiger partial charge on any atom is -0.395 e. The molecule has 1 unspecified atom stereocenters. The highest BCUT2D eigenvalue weighted by Crippen LogP contribution is 2.07. The molecule has 1 fully saturated rings. The van der Waals surface area contributed by atoms with Crippen LogP contribution in [0.15, 0.2) is 5.16 Å². The van der Waals surface area contributed by atoms with Gasteiger partial charge < -0.3 is 9.57 Å². The van der Waals surface area contributed by atoms with Crippen molar-refractivity contribution in [3.63, 3.8) is 0 Å². The summed E-state index contributed by atoms with van der Waals surface area (Å²) in [5, 5.41) is 7.01. The zero-order valence-corrected chi connectivity index (χ0v) is 5.67. The van der Waals surface area contributed by atoms with Crippen LogP contribution in [0.3, 0.4) is 0 Å². The average Bonchev–Trinajstić information content (AvgIpc) is 2.59. The van der Waals surface area contributed by atoms with Crippen LogP contribution in [-0.4, -0.2) is 31.7 Å². The first-order chi connectivity index (χ1) is 4.97. The van der Waals surface area contributed by atoms with E-state index in [1.807, 2.05) is 0 Å². The van der Waals surface area contributed by atoms with Crippen molar-refractivity contribution in [3.8, 4) is 0 Å². The Hall–Kier alpha value is -0.610. The maximum atomic E-state index is 5.31. The third kappa shape index (κ3) is 0.998. The molecular formula is C6H10N2O2. The van der Waals surface area contributed by atoms with Gasteiger partial charge in [0.05, 0.1) is 6.61 Å². The summed E-state index contributed by atoms with van der Waals surface area (Å²) in [6, 6.07) is 0. The number of nitrogens with one attached hydrogen (secondary N) is 1. The quantitative estimate of drug-likeness (QED) is 0.547. The van der Waals surface area contributed by atoms with E-state index in [1.165, 1.54) is 0 Å². The standard InChI is InChI=1S/C6H10N2O2/c1-3-10-8-5(1)6-7-2-4-9-6/h6-7H,1-4H2. The van der Waals surface area contributed by atoms with Gasteiger partial charge in [-0.1, -0.05) is 5.16 Å². The minimum absolute atomic E-state index is 0.0301. The van der Waals surface area contributed by atoms with Gasteiger partial charge in [0.15, 0.2) is 6.23 Å². The Balaban J connectivity index is 1.97. The third-order valence-electron chi connectivity index (χ3n) is 1.65. The van der Waals surface area contributed by atoms with Crippen molar-refractivity contribution in [2.75, 3.05) is 19.8 Å². The van der Waals surface area contributed by atoms with Crippen molar-refractivity contribution in [2.45, 2.75) is 12.6 Å². The van der Waals surface area contributed by atoms with Crippen molar-refractivity contribution in [3.05, 3.63) is 0 Å². The molecule has 0 radical (unpaired) electrons. The fraction of sp³-hybridized carbons (Fsp3) is 0.833. The molecule has 2 heterocycles. The monoisotopic (exact) mass is 142 g/mol. The largest absolute Gasteiger partial charge is 0.395 e. The fourth-order valence-electron chi connectivity index (χ4n) is 1.14. The number of nitrogens with zero attached hydrogens (tertiary/aromatic N) is 1. The molecule has 56 valence electrons. The molecule has 0 aliphatic carbocycles. The summed E-state index contributed by atoms with van der Waals surface area (Å²) in [6.07, 6.45) is 0.931. The lowest BCUT2D eigenvalue weighted by Gasteiger charge is -2.05. The highest BCUT2D eigenvalue weighted by molar-refractivity contribution is 5.89. The van der Waals surface area contributed by atoms with E-state index in [2.05, 4.69) is 10.5 Å². The van der Waals surface area contributed by atoms with Crippen LogP contribution in [0.25, 0.3) is 0 Å². The molecule has 2 aliphatic rings. The molecule has 1 atom stereocenters. The van der Waals surface area contributed by atoms with E-state index < -0.39 is 0 Å². The SMILES string of the molecule is C1COC(C2=NOCC2)N1. The van der Waals surface area contributed by atoms with E-state index in [-0.39, 0.29) is 6.23 Å². The predicted octanol–water partition coefficient (Wildman–Crippen LogP) is -0.291. The van der Waals surface area contributed by atoms with E-state index in [0.717, 1.165) is 25.3 Å². The number of ether oxygens (including phenoxy) is 1. The van der Waals surface area contributed by atoms with Crippen molar-refractivity contribution < 1.29 is 9.57 Å². The predicted molar refractivity (Wildman–Crippen MR) is 35.7 cm³/mol. The number of rotatable bonds is 1. The molecule has 0 aromatic heterocycles. The third-order valence-corrected chi connectivity index (χ3v) is 1.65. The van der Waals surface area contributed by atoms with Gasteiger partial charge in [0.2, 0.25) is 0 Å². The topological polar surface area (TPSA) is 42.9 Å². The van der Waals surface area contributed by atoms with Crippen LogP contribution in [-0.2, 0) is 9.57 Å². The van der Waals surface area contributed by atoms with E-state index >= 15 is 0 Å². The number of hydrogen-bond acceptors (Lipinski definition) is 4.